The van der Waals surface area contributed by atoms with Crippen molar-refractivity contribution in [1.82, 2.24) is 9.80 Å². The number of carbonyl (C=O) groups is 4. The first-order valence-electron chi connectivity index (χ1n) is 12.9. The summed E-state index contributed by atoms with van der Waals surface area (Å²) in [6, 6.07) is -0.781. The number of amides is 2. The molecule has 3 aliphatic carbocycles. The maximum Gasteiger partial charge on any atom is 0.255 e. The van der Waals surface area contributed by atoms with E-state index in [4.69, 9.17) is 5.73 Å². The second-order valence-corrected chi connectivity index (χ2v) is 11.2. The monoisotopic (exact) mass is 558 g/mol. The van der Waals surface area contributed by atoms with Crippen molar-refractivity contribution in [1.29, 1.82) is 0 Å². The minimum atomic E-state index is -2.79. The molecule has 1 aromatic rings. The fourth-order valence-corrected chi connectivity index (χ4v) is 6.82. The van der Waals surface area contributed by atoms with Gasteiger partial charge in [0.1, 0.15) is 22.9 Å². The molecule has 1 aromatic carbocycles. The number of fused-ring (bicyclic) bond motifs is 3. The summed E-state index contributed by atoms with van der Waals surface area (Å²) in [7, 11) is 4.75. The average molecular weight is 559 g/mol. The molecule has 0 aromatic heterocycles. The molecule has 2 fully saturated rings. The van der Waals surface area contributed by atoms with Crippen molar-refractivity contribution in [2.75, 3.05) is 33.0 Å². The molecule has 0 radical (unpaired) electrons. The number of likely N-dealkylation sites (tertiary alicyclic amines) is 1. The Morgan fingerprint density at radius 2 is 1.90 bits per heavy atom. The Bertz CT molecular complexity index is 1440. The number of rotatable bonds is 4. The fraction of sp³-hybridized carbons (Fsp3) is 0.481. The third-order valence-corrected chi connectivity index (χ3v) is 8.75. The predicted molar refractivity (Wildman–Crippen MR) is 138 cm³/mol. The van der Waals surface area contributed by atoms with Crippen LogP contribution in [-0.4, -0.2) is 99.0 Å². The standard InChI is InChI=1S/C27H31FN4O8/c1-31(2)19-12-8-10-7-11-13(28)9-14(30-26(39)15-5-4-6-32(15)3)20(33)17(11)21(34)16(10)23(36)27(12,40)24(37)18(22(19)35)25(29)38/h9-10,12,15,19,33-34,37,40H,4-8H2,1-3H3,(H2,29,38)(H,30,39). The van der Waals surface area contributed by atoms with E-state index in [1.54, 1.807) is 7.05 Å². The topological polar surface area (TPSA) is 194 Å². The van der Waals surface area contributed by atoms with Gasteiger partial charge in [0.05, 0.1) is 23.3 Å². The second kappa shape index (κ2) is 9.39. The number of aromatic hydroxyl groups is 1. The van der Waals surface area contributed by atoms with Crippen molar-refractivity contribution in [3.63, 3.8) is 0 Å². The van der Waals surface area contributed by atoms with Gasteiger partial charge >= 0.3 is 0 Å². The highest BCUT2D eigenvalue weighted by Crippen LogP contribution is 2.53. The van der Waals surface area contributed by atoms with E-state index in [2.05, 4.69) is 5.32 Å². The quantitative estimate of drug-likeness (QED) is 0.219. The summed E-state index contributed by atoms with van der Waals surface area (Å²) in [6.45, 7) is 0.696. The number of Topliss-reactive ketones (excluding diaryl/α,β-unsaturated/α-hetero) is 2. The number of ketones is 2. The Kier molecular flexibility index (Phi) is 6.51. The van der Waals surface area contributed by atoms with Gasteiger partial charge in [-0.3, -0.25) is 29.0 Å². The molecule has 0 spiro atoms. The van der Waals surface area contributed by atoms with Gasteiger partial charge in [0.25, 0.3) is 5.91 Å². The molecular weight excluding hydrogens is 527 g/mol. The first-order chi connectivity index (χ1) is 18.7. The van der Waals surface area contributed by atoms with Crippen LogP contribution in [0.25, 0.3) is 5.76 Å². The van der Waals surface area contributed by atoms with E-state index in [9.17, 15) is 39.6 Å². The summed E-state index contributed by atoms with van der Waals surface area (Å²) in [4.78, 5) is 55.0. The van der Waals surface area contributed by atoms with E-state index < -0.39 is 92.7 Å². The van der Waals surface area contributed by atoms with Gasteiger partial charge in [-0.15, -0.1) is 0 Å². The fourth-order valence-electron chi connectivity index (χ4n) is 6.82. The summed E-state index contributed by atoms with van der Waals surface area (Å²) < 4.78 is 15.4. The van der Waals surface area contributed by atoms with Crippen LogP contribution in [0.4, 0.5) is 10.1 Å². The highest BCUT2D eigenvalue weighted by molar-refractivity contribution is 6.24. The number of aliphatic hydroxyl groups excluding tert-OH is 2. The van der Waals surface area contributed by atoms with Crippen LogP contribution in [0.5, 0.6) is 5.75 Å². The maximum absolute atomic E-state index is 15.4. The van der Waals surface area contributed by atoms with E-state index in [-0.39, 0.29) is 24.1 Å². The Morgan fingerprint density at radius 3 is 2.48 bits per heavy atom. The van der Waals surface area contributed by atoms with Gasteiger partial charge in [0.15, 0.2) is 17.1 Å². The second-order valence-electron chi connectivity index (χ2n) is 11.2. The van der Waals surface area contributed by atoms with Gasteiger partial charge in [-0.25, -0.2) is 4.39 Å². The van der Waals surface area contributed by atoms with Crippen molar-refractivity contribution in [3.05, 3.63) is 39.9 Å². The van der Waals surface area contributed by atoms with Gasteiger partial charge in [0.2, 0.25) is 11.7 Å². The van der Waals surface area contributed by atoms with E-state index in [0.29, 0.717) is 13.0 Å². The summed E-state index contributed by atoms with van der Waals surface area (Å²) in [5.74, 6) is -9.59. The number of nitrogens with one attached hydrogen (secondary N) is 1. The molecule has 7 N–H and O–H groups in total. The highest BCUT2D eigenvalue weighted by atomic mass is 19.1. The molecule has 214 valence electrons. The largest absolute Gasteiger partial charge is 0.508 e. The molecule has 40 heavy (non-hydrogen) atoms. The lowest BCUT2D eigenvalue weighted by atomic mass is 9.57. The summed E-state index contributed by atoms with van der Waals surface area (Å²) in [5.41, 5.74) is 0.358. The van der Waals surface area contributed by atoms with Crippen LogP contribution in [0.3, 0.4) is 0 Å². The zero-order valence-electron chi connectivity index (χ0n) is 22.2. The van der Waals surface area contributed by atoms with Crippen molar-refractivity contribution in [3.8, 4) is 5.75 Å². The molecule has 1 aliphatic heterocycles. The Morgan fingerprint density at radius 1 is 1.23 bits per heavy atom. The highest BCUT2D eigenvalue weighted by Gasteiger charge is 2.64. The average Bonchev–Trinajstić information content (AvgIpc) is 3.30. The number of likely N-dealkylation sites (N-methyl/N-ethyl adjacent to an activating group) is 2. The number of carbonyl (C=O) groups excluding carboxylic acids is 4. The van der Waals surface area contributed by atoms with Crippen LogP contribution in [0.2, 0.25) is 0 Å². The summed E-state index contributed by atoms with van der Waals surface area (Å²) in [5, 5.41) is 47.3. The van der Waals surface area contributed by atoms with Gasteiger partial charge in [-0.1, -0.05) is 0 Å². The molecule has 0 bridgehead atoms. The number of nitrogens with zero attached hydrogens (tertiary/aromatic N) is 2. The zero-order chi connectivity index (χ0) is 29.4. The molecule has 5 atom stereocenters. The Hall–Kier alpha value is -3.81. The summed E-state index contributed by atoms with van der Waals surface area (Å²) in [6.07, 6.45) is 1.02. The molecule has 1 saturated carbocycles. The minimum absolute atomic E-state index is 0.112. The smallest absolute Gasteiger partial charge is 0.255 e. The van der Waals surface area contributed by atoms with Crippen LogP contribution in [0.1, 0.15) is 30.4 Å². The third-order valence-electron chi connectivity index (χ3n) is 8.75. The van der Waals surface area contributed by atoms with E-state index in [1.807, 2.05) is 4.90 Å². The van der Waals surface area contributed by atoms with Crippen LogP contribution in [-0.2, 0) is 25.6 Å². The first-order valence-corrected chi connectivity index (χ1v) is 12.9. The van der Waals surface area contributed by atoms with E-state index in [1.165, 1.54) is 19.0 Å². The molecule has 4 aliphatic rings. The Labute approximate surface area is 228 Å². The number of aliphatic hydroxyl groups is 3. The number of phenols is 1. The minimum Gasteiger partial charge on any atom is -0.508 e. The Balaban J connectivity index is 1.63. The van der Waals surface area contributed by atoms with Crippen molar-refractivity contribution >= 4 is 34.8 Å². The molecular formula is C27H31FN4O8. The number of halogens is 1. The lowest BCUT2D eigenvalue weighted by molar-refractivity contribution is -0.153. The van der Waals surface area contributed by atoms with E-state index in [0.717, 1.165) is 12.5 Å². The van der Waals surface area contributed by atoms with Crippen molar-refractivity contribution < 1.29 is 44.0 Å². The SMILES string of the molecule is CN(C)C1C(=O)C(C(N)=O)=C(O)C2(O)C(=O)C3=C(O)c4c(O)c(NC(=O)C5CCCN5C)cc(F)c4CC3CC12. The van der Waals surface area contributed by atoms with Gasteiger partial charge in [0, 0.05) is 23.1 Å². The molecule has 5 rings (SSSR count). The molecule has 5 unspecified atom stereocenters. The van der Waals surface area contributed by atoms with Crippen LogP contribution >= 0.6 is 0 Å². The van der Waals surface area contributed by atoms with Crippen LogP contribution in [0, 0.1) is 17.7 Å². The normalized spacial score (nSPS) is 30.4. The number of anilines is 1. The summed E-state index contributed by atoms with van der Waals surface area (Å²) >= 11 is 0. The molecule has 2 amide bonds. The van der Waals surface area contributed by atoms with E-state index >= 15 is 4.39 Å². The third kappa shape index (κ3) is 3.75. The molecule has 1 saturated heterocycles. The maximum atomic E-state index is 15.4. The number of benzene rings is 1. The lowest BCUT2D eigenvalue weighted by Crippen LogP contribution is -2.65. The number of primary amides is 1. The molecule has 13 heteroatoms. The van der Waals surface area contributed by atoms with Gasteiger partial charge in [-0.05, 0) is 59.3 Å². The van der Waals surface area contributed by atoms with Gasteiger partial charge < -0.3 is 31.5 Å². The molecule has 12 nitrogen and oxygen atoms in total. The number of nitrogens with two attached hydrogens (primary N) is 1. The first kappa shape index (κ1) is 27.7. The van der Waals surface area contributed by atoms with Crippen molar-refractivity contribution in [2.24, 2.45) is 17.6 Å². The number of hydrogen-bond acceptors (Lipinski definition) is 10. The number of hydrogen-bond donors (Lipinski definition) is 6. The predicted octanol–water partition coefficient (Wildman–Crippen LogP) is 0.136. The zero-order valence-corrected chi connectivity index (χ0v) is 22.2. The van der Waals surface area contributed by atoms with Crippen LogP contribution < -0.4 is 11.1 Å². The molecule has 1 heterocycles. The van der Waals surface area contributed by atoms with Gasteiger partial charge in [-0.2, -0.15) is 0 Å². The van der Waals surface area contributed by atoms with Crippen molar-refractivity contribution in [2.45, 2.75) is 43.4 Å². The van der Waals surface area contributed by atoms with Crippen LogP contribution in [0.15, 0.2) is 23.0 Å². The number of phenolic OH excluding ortho intramolecular Hbond substituents is 1. The lowest BCUT2D eigenvalue weighted by Gasteiger charge is -2.50.